The summed E-state index contributed by atoms with van der Waals surface area (Å²) in [6.07, 6.45) is 8.66. The van der Waals surface area contributed by atoms with Crippen LogP contribution in [-0.2, 0) is 9.53 Å². The molecule has 104 valence electrons. The molecule has 2 aliphatic carbocycles. The van der Waals surface area contributed by atoms with Crippen molar-refractivity contribution in [1.82, 2.24) is 4.90 Å². The van der Waals surface area contributed by atoms with Gasteiger partial charge in [0.25, 0.3) is 0 Å². The Hall–Kier alpha value is -0.610. The first-order valence-corrected chi connectivity index (χ1v) is 7.27. The second kappa shape index (κ2) is 6.53. The summed E-state index contributed by atoms with van der Waals surface area (Å²) in [4.78, 5) is 14.5. The van der Waals surface area contributed by atoms with Gasteiger partial charge in [-0.25, -0.2) is 0 Å². The predicted octanol–water partition coefficient (Wildman–Crippen LogP) is 1.53. The Balaban J connectivity index is 1.95. The minimum Gasteiger partial charge on any atom is -0.383 e. The molecule has 2 aliphatic rings. The molecule has 0 radical (unpaired) electrons. The van der Waals surface area contributed by atoms with Crippen LogP contribution in [0.1, 0.15) is 44.9 Å². The van der Waals surface area contributed by atoms with E-state index in [1.165, 1.54) is 32.1 Å². The summed E-state index contributed by atoms with van der Waals surface area (Å²) in [6, 6.07) is -0.0644. The Kier molecular flexibility index (Phi) is 5.01. The van der Waals surface area contributed by atoms with Gasteiger partial charge in [-0.15, -0.1) is 0 Å². The van der Waals surface area contributed by atoms with E-state index in [2.05, 4.69) is 4.90 Å². The van der Waals surface area contributed by atoms with Crippen LogP contribution < -0.4 is 5.73 Å². The van der Waals surface area contributed by atoms with Crippen LogP contribution in [0.15, 0.2) is 0 Å². The SMILES string of the molecule is COCC(N)C(=O)N(CC1CC1)C1CCCCC1. The van der Waals surface area contributed by atoms with Gasteiger partial charge in [-0.2, -0.15) is 0 Å². The molecule has 2 rings (SSSR count). The molecule has 1 unspecified atom stereocenters. The third kappa shape index (κ3) is 3.69. The number of carbonyl (C=O) groups excluding carboxylic acids is 1. The van der Waals surface area contributed by atoms with Crippen LogP contribution >= 0.6 is 0 Å². The molecule has 0 aromatic heterocycles. The van der Waals surface area contributed by atoms with Gasteiger partial charge in [0, 0.05) is 19.7 Å². The average Bonchev–Trinajstić information content (AvgIpc) is 3.20. The van der Waals surface area contributed by atoms with Gasteiger partial charge in [0.2, 0.25) is 5.91 Å². The molecule has 0 saturated heterocycles. The van der Waals surface area contributed by atoms with Crippen molar-refractivity contribution in [3.8, 4) is 0 Å². The van der Waals surface area contributed by atoms with Gasteiger partial charge in [-0.3, -0.25) is 4.79 Å². The van der Waals surface area contributed by atoms with Crippen molar-refractivity contribution in [3.05, 3.63) is 0 Å². The number of hydrogen-bond acceptors (Lipinski definition) is 3. The first kappa shape index (κ1) is 13.8. The van der Waals surface area contributed by atoms with Crippen molar-refractivity contribution in [2.75, 3.05) is 20.3 Å². The molecular weight excluding hydrogens is 228 g/mol. The van der Waals surface area contributed by atoms with Crippen molar-refractivity contribution in [1.29, 1.82) is 0 Å². The summed E-state index contributed by atoms with van der Waals surface area (Å²) >= 11 is 0. The Morgan fingerprint density at radius 3 is 2.50 bits per heavy atom. The summed E-state index contributed by atoms with van der Waals surface area (Å²) in [7, 11) is 1.60. The minimum atomic E-state index is -0.490. The van der Waals surface area contributed by atoms with Gasteiger partial charge in [0.1, 0.15) is 6.04 Å². The van der Waals surface area contributed by atoms with E-state index >= 15 is 0 Å². The maximum atomic E-state index is 12.4. The lowest BCUT2D eigenvalue weighted by Gasteiger charge is -2.36. The molecule has 4 nitrogen and oxygen atoms in total. The second-order valence-electron chi connectivity index (χ2n) is 5.79. The third-order valence-corrected chi connectivity index (χ3v) is 4.11. The number of amides is 1. The van der Waals surface area contributed by atoms with Crippen molar-refractivity contribution >= 4 is 5.91 Å². The summed E-state index contributed by atoms with van der Waals surface area (Å²) in [5.74, 6) is 0.821. The second-order valence-corrected chi connectivity index (χ2v) is 5.79. The number of ether oxygens (including phenoxy) is 1. The summed E-state index contributed by atoms with van der Waals surface area (Å²) in [5.41, 5.74) is 5.92. The molecular formula is C14H26N2O2. The lowest BCUT2D eigenvalue weighted by atomic mass is 9.93. The van der Waals surface area contributed by atoms with E-state index in [9.17, 15) is 4.79 Å². The van der Waals surface area contributed by atoms with Crippen LogP contribution in [0.2, 0.25) is 0 Å². The van der Waals surface area contributed by atoms with Gasteiger partial charge >= 0.3 is 0 Å². The van der Waals surface area contributed by atoms with Gasteiger partial charge in [-0.1, -0.05) is 19.3 Å². The number of nitrogens with two attached hydrogens (primary N) is 1. The monoisotopic (exact) mass is 254 g/mol. The molecule has 0 bridgehead atoms. The fourth-order valence-corrected chi connectivity index (χ4v) is 2.85. The third-order valence-electron chi connectivity index (χ3n) is 4.11. The first-order valence-electron chi connectivity index (χ1n) is 7.27. The van der Waals surface area contributed by atoms with Crippen molar-refractivity contribution in [2.45, 2.75) is 57.0 Å². The molecule has 2 fully saturated rings. The highest BCUT2D eigenvalue weighted by Crippen LogP contribution is 2.32. The lowest BCUT2D eigenvalue weighted by Crippen LogP contribution is -2.51. The Bertz CT molecular complexity index is 273. The topological polar surface area (TPSA) is 55.6 Å². The molecule has 2 N–H and O–H groups in total. The van der Waals surface area contributed by atoms with E-state index in [0.29, 0.717) is 12.6 Å². The molecule has 0 aromatic carbocycles. The number of rotatable bonds is 6. The van der Waals surface area contributed by atoms with Gasteiger partial charge < -0.3 is 15.4 Å². The maximum Gasteiger partial charge on any atom is 0.242 e. The summed E-state index contributed by atoms with van der Waals surface area (Å²) in [6.45, 7) is 1.24. The molecule has 0 aromatic rings. The fraction of sp³-hybridized carbons (Fsp3) is 0.929. The molecule has 0 aliphatic heterocycles. The quantitative estimate of drug-likeness (QED) is 0.782. The number of hydrogen-bond donors (Lipinski definition) is 1. The van der Waals surface area contributed by atoms with Gasteiger partial charge in [-0.05, 0) is 31.6 Å². The number of carbonyl (C=O) groups is 1. The largest absolute Gasteiger partial charge is 0.383 e. The van der Waals surface area contributed by atoms with E-state index in [1.54, 1.807) is 7.11 Å². The highest BCUT2D eigenvalue weighted by Gasteiger charge is 2.33. The van der Waals surface area contributed by atoms with Crippen molar-refractivity contribution < 1.29 is 9.53 Å². The number of nitrogens with zero attached hydrogens (tertiary/aromatic N) is 1. The molecule has 4 heteroatoms. The van der Waals surface area contributed by atoms with E-state index < -0.39 is 6.04 Å². The Morgan fingerprint density at radius 2 is 1.94 bits per heavy atom. The normalized spacial score (nSPS) is 22.8. The molecule has 18 heavy (non-hydrogen) atoms. The first-order chi connectivity index (χ1) is 8.72. The molecule has 0 spiro atoms. The maximum absolute atomic E-state index is 12.4. The van der Waals surface area contributed by atoms with Crippen molar-refractivity contribution in [2.24, 2.45) is 11.7 Å². The Labute approximate surface area is 110 Å². The van der Waals surface area contributed by atoms with E-state index in [1.807, 2.05) is 0 Å². The predicted molar refractivity (Wildman–Crippen MR) is 71.2 cm³/mol. The lowest BCUT2D eigenvalue weighted by molar-refractivity contribution is -0.137. The number of methoxy groups -OCH3 is 1. The van der Waals surface area contributed by atoms with E-state index in [4.69, 9.17) is 10.5 Å². The van der Waals surface area contributed by atoms with Crippen LogP contribution in [0.3, 0.4) is 0 Å². The van der Waals surface area contributed by atoms with E-state index in [0.717, 1.165) is 25.3 Å². The smallest absolute Gasteiger partial charge is 0.242 e. The van der Waals surface area contributed by atoms with Crippen LogP contribution in [0, 0.1) is 5.92 Å². The van der Waals surface area contributed by atoms with Crippen LogP contribution in [0.5, 0.6) is 0 Å². The molecule has 2 saturated carbocycles. The zero-order valence-corrected chi connectivity index (χ0v) is 11.4. The van der Waals surface area contributed by atoms with Gasteiger partial charge in [0.05, 0.1) is 6.61 Å². The highest BCUT2D eigenvalue weighted by molar-refractivity contribution is 5.82. The molecule has 1 atom stereocenters. The fourth-order valence-electron chi connectivity index (χ4n) is 2.85. The zero-order valence-electron chi connectivity index (χ0n) is 11.4. The Morgan fingerprint density at radius 1 is 1.28 bits per heavy atom. The van der Waals surface area contributed by atoms with Crippen LogP contribution in [-0.4, -0.2) is 43.2 Å². The minimum absolute atomic E-state index is 0.0932. The summed E-state index contributed by atoms with van der Waals surface area (Å²) < 4.78 is 5.01. The van der Waals surface area contributed by atoms with Crippen LogP contribution in [0.4, 0.5) is 0 Å². The van der Waals surface area contributed by atoms with E-state index in [-0.39, 0.29) is 5.91 Å². The standard InChI is InChI=1S/C14H26N2O2/c1-18-10-13(15)14(17)16(9-11-7-8-11)12-5-3-2-4-6-12/h11-13H,2-10,15H2,1H3. The highest BCUT2D eigenvalue weighted by atomic mass is 16.5. The zero-order chi connectivity index (χ0) is 13.0. The molecule has 1 amide bonds. The van der Waals surface area contributed by atoms with Crippen LogP contribution in [0.25, 0.3) is 0 Å². The average molecular weight is 254 g/mol. The molecule has 0 heterocycles. The van der Waals surface area contributed by atoms with Gasteiger partial charge in [0.15, 0.2) is 0 Å². The van der Waals surface area contributed by atoms with Crippen molar-refractivity contribution in [3.63, 3.8) is 0 Å². The summed E-state index contributed by atoms with van der Waals surface area (Å²) in [5, 5.41) is 0.